The van der Waals surface area contributed by atoms with Gasteiger partial charge < -0.3 is 10.1 Å². The van der Waals surface area contributed by atoms with Crippen LogP contribution in [0, 0.1) is 5.92 Å². The second-order valence-corrected chi connectivity index (χ2v) is 5.17. The van der Waals surface area contributed by atoms with E-state index < -0.39 is 0 Å². The number of nitrogens with one attached hydrogen (secondary N) is 1. The van der Waals surface area contributed by atoms with Gasteiger partial charge in [-0.05, 0) is 37.9 Å². The Morgan fingerprint density at radius 2 is 2.16 bits per heavy atom. The highest BCUT2D eigenvalue weighted by atomic mass is 16.5. The topological polar surface area (TPSA) is 34.1 Å². The van der Waals surface area contributed by atoms with E-state index in [0.717, 1.165) is 12.5 Å². The number of rotatable bonds is 9. The molecule has 1 rings (SSSR count). The number of ether oxygens (including phenoxy) is 1. The molecule has 1 heterocycles. The number of hydrogen-bond donors (Lipinski definition) is 1. The first-order chi connectivity index (χ1) is 9.21. The lowest BCUT2D eigenvalue weighted by atomic mass is 10.0. The van der Waals surface area contributed by atoms with Crippen molar-refractivity contribution in [2.24, 2.45) is 5.92 Å². The van der Waals surface area contributed by atoms with E-state index in [4.69, 9.17) is 4.74 Å². The van der Waals surface area contributed by atoms with Gasteiger partial charge in [-0.1, -0.05) is 33.1 Å². The van der Waals surface area contributed by atoms with Crippen LogP contribution in [0.5, 0.6) is 5.88 Å². The van der Waals surface area contributed by atoms with Crippen molar-refractivity contribution in [1.82, 2.24) is 10.3 Å². The van der Waals surface area contributed by atoms with Crippen LogP contribution in [-0.2, 0) is 0 Å². The van der Waals surface area contributed by atoms with Gasteiger partial charge in [0.25, 0.3) is 0 Å². The second-order valence-electron chi connectivity index (χ2n) is 5.17. The Bertz CT molecular complexity index is 354. The highest BCUT2D eigenvalue weighted by Gasteiger charge is 2.09. The lowest BCUT2D eigenvalue weighted by molar-refractivity contribution is 0.225. The van der Waals surface area contributed by atoms with Crippen LogP contribution < -0.4 is 10.1 Å². The van der Waals surface area contributed by atoms with Crippen molar-refractivity contribution in [2.75, 3.05) is 13.7 Å². The summed E-state index contributed by atoms with van der Waals surface area (Å²) >= 11 is 0. The summed E-state index contributed by atoms with van der Waals surface area (Å²) in [7, 11) is 1.96. The summed E-state index contributed by atoms with van der Waals surface area (Å²) in [6.45, 7) is 7.38. The van der Waals surface area contributed by atoms with Gasteiger partial charge in [0.1, 0.15) is 0 Å². The highest BCUT2D eigenvalue weighted by molar-refractivity contribution is 5.23. The maximum absolute atomic E-state index is 5.85. The molecule has 1 aromatic rings. The predicted octanol–water partition coefficient (Wildman–Crippen LogP) is 3.96. The fourth-order valence-electron chi connectivity index (χ4n) is 2.04. The van der Waals surface area contributed by atoms with Crippen molar-refractivity contribution in [3.05, 3.63) is 23.9 Å². The quantitative estimate of drug-likeness (QED) is 0.733. The van der Waals surface area contributed by atoms with Gasteiger partial charge in [-0.2, -0.15) is 0 Å². The van der Waals surface area contributed by atoms with Crippen LogP contribution in [-0.4, -0.2) is 18.6 Å². The van der Waals surface area contributed by atoms with Crippen molar-refractivity contribution < 1.29 is 4.74 Å². The summed E-state index contributed by atoms with van der Waals surface area (Å²) in [6, 6.07) is 4.39. The fraction of sp³-hybridized carbons (Fsp3) is 0.688. The van der Waals surface area contributed by atoms with Gasteiger partial charge in [0.15, 0.2) is 0 Å². The van der Waals surface area contributed by atoms with Gasteiger partial charge in [-0.25, -0.2) is 4.98 Å². The second kappa shape index (κ2) is 8.92. The zero-order valence-electron chi connectivity index (χ0n) is 12.8. The SMILES string of the molecule is CCCCC(CC)COc1cc(C(C)NC)ccn1. The molecule has 0 bridgehead atoms. The molecule has 108 valence electrons. The first-order valence-corrected chi connectivity index (χ1v) is 7.47. The number of hydrogen-bond acceptors (Lipinski definition) is 3. The molecular weight excluding hydrogens is 236 g/mol. The third-order valence-electron chi connectivity index (χ3n) is 3.70. The summed E-state index contributed by atoms with van der Waals surface area (Å²) in [4.78, 5) is 4.29. The predicted molar refractivity (Wildman–Crippen MR) is 80.5 cm³/mol. The zero-order valence-corrected chi connectivity index (χ0v) is 12.8. The first kappa shape index (κ1) is 16.0. The number of unbranched alkanes of at least 4 members (excludes halogenated alkanes) is 1. The van der Waals surface area contributed by atoms with Crippen LogP contribution in [0.15, 0.2) is 18.3 Å². The molecule has 2 unspecified atom stereocenters. The van der Waals surface area contributed by atoms with E-state index in [-0.39, 0.29) is 0 Å². The smallest absolute Gasteiger partial charge is 0.213 e. The Hall–Kier alpha value is -1.09. The van der Waals surface area contributed by atoms with Gasteiger partial charge in [-0.15, -0.1) is 0 Å². The molecule has 1 N–H and O–H groups in total. The average molecular weight is 264 g/mol. The standard InChI is InChI=1S/C16H28N2O/c1-5-7-8-14(6-2)12-19-16-11-15(9-10-18-16)13(3)17-4/h9-11,13-14,17H,5-8,12H2,1-4H3. The molecule has 3 heteroatoms. The van der Waals surface area contributed by atoms with Gasteiger partial charge in [0, 0.05) is 18.3 Å². The molecule has 0 saturated heterocycles. The Balaban J connectivity index is 2.52. The molecule has 0 saturated carbocycles. The fourth-order valence-corrected chi connectivity index (χ4v) is 2.04. The Morgan fingerprint density at radius 1 is 1.37 bits per heavy atom. The molecule has 0 fully saturated rings. The van der Waals surface area contributed by atoms with Crippen LogP contribution in [0.4, 0.5) is 0 Å². The summed E-state index contributed by atoms with van der Waals surface area (Å²) in [6.07, 6.45) is 6.79. The number of aromatic nitrogens is 1. The zero-order chi connectivity index (χ0) is 14.1. The lowest BCUT2D eigenvalue weighted by Gasteiger charge is -2.16. The Kier molecular flexibility index (Phi) is 7.49. The maximum atomic E-state index is 5.85. The molecule has 0 radical (unpaired) electrons. The highest BCUT2D eigenvalue weighted by Crippen LogP contribution is 2.18. The summed E-state index contributed by atoms with van der Waals surface area (Å²) in [5, 5.41) is 3.23. The lowest BCUT2D eigenvalue weighted by Crippen LogP contribution is -2.14. The minimum absolute atomic E-state index is 0.326. The molecule has 19 heavy (non-hydrogen) atoms. The van der Waals surface area contributed by atoms with Crippen molar-refractivity contribution in [3.63, 3.8) is 0 Å². The molecule has 1 aromatic heterocycles. The maximum Gasteiger partial charge on any atom is 0.213 e. The van der Waals surface area contributed by atoms with E-state index in [1.54, 1.807) is 0 Å². The van der Waals surface area contributed by atoms with Gasteiger partial charge in [-0.3, -0.25) is 0 Å². The van der Waals surface area contributed by atoms with Crippen molar-refractivity contribution in [1.29, 1.82) is 0 Å². The summed E-state index contributed by atoms with van der Waals surface area (Å²) in [5.74, 6) is 1.39. The van der Waals surface area contributed by atoms with Crippen LogP contribution in [0.1, 0.15) is 58.1 Å². The van der Waals surface area contributed by atoms with Crippen molar-refractivity contribution >= 4 is 0 Å². The molecule has 0 amide bonds. The van der Waals surface area contributed by atoms with Crippen LogP contribution in [0.25, 0.3) is 0 Å². The number of pyridine rings is 1. The van der Waals surface area contributed by atoms with Crippen molar-refractivity contribution in [3.8, 4) is 5.88 Å². The van der Waals surface area contributed by atoms with Crippen LogP contribution in [0.2, 0.25) is 0 Å². The number of nitrogens with zero attached hydrogens (tertiary/aromatic N) is 1. The van der Waals surface area contributed by atoms with E-state index >= 15 is 0 Å². The molecule has 0 aliphatic rings. The molecule has 3 nitrogen and oxygen atoms in total. The third kappa shape index (κ3) is 5.60. The van der Waals surface area contributed by atoms with E-state index in [2.05, 4.69) is 31.1 Å². The van der Waals surface area contributed by atoms with Crippen molar-refractivity contribution in [2.45, 2.75) is 52.5 Å². The molecule has 2 atom stereocenters. The molecule has 0 spiro atoms. The Morgan fingerprint density at radius 3 is 2.79 bits per heavy atom. The van der Waals surface area contributed by atoms with Gasteiger partial charge in [0.05, 0.1) is 6.61 Å². The third-order valence-corrected chi connectivity index (χ3v) is 3.70. The minimum atomic E-state index is 0.326. The molecular formula is C16H28N2O. The monoisotopic (exact) mass is 264 g/mol. The Labute approximate surface area is 117 Å². The van der Waals surface area contributed by atoms with E-state index in [0.29, 0.717) is 12.0 Å². The molecule has 0 aromatic carbocycles. The van der Waals surface area contributed by atoms with E-state index in [9.17, 15) is 0 Å². The largest absolute Gasteiger partial charge is 0.477 e. The van der Waals surface area contributed by atoms with Crippen LogP contribution >= 0.6 is 0 Å². The molecule has 0 aliphatic heterocycles. The minimum Gasteiger partial charge on any atom is -0.477 e. The van der Waals surface area contributed by atoms with Gasteiger partial charge >= 0.3 is 0 Å². The summed E-state index contributed by atoms with van der Waals surface area (Å²) < 4.78 is 5.85. The van der Waals surface area contributed by atoms with Crippen LogP contribution in [0.3, 0.4) is 0 Å². The van der Waals surface area contributed by atoms with E-state index in [1.165, 1.54) is 31.2 Å². The normalized spacial score (nSPS) is 14.1. The first-order valence-electron chi connectivity index (χ1n) is 7.47. The summed E-state index contributed by atoms with van der Waals surface area (Å²) in [5.41, 5.74) is 1.22. The van der Waals surface area contributed by atoms with Gasteiger partial charge in [0.2, 0.25) is 5.88 Å². The average Bonchev–Trinajstić information content (AvgIpc) is 2.47. The van der Waals surface area contributed by atoms with E-state index in [1.807, 2.05) is 25.4 Å². The molecule has 0 aliphatic carbocycles.